The second-order valence-corrected chi connectivity index (χ2v) is 8.43. The second kappa shape index (κ2) is 8.03. The molecule has 8 heteroatoms. The van der Waals surface area contributed by atoms with E-state index >= 15 is 0 Å². The molecule has 0 saturated carbocycles. The van der Waals surface area contributed by atoms with Crippen molar-refractivity contribution in [3.8, 4) is 0 Å². The molecule has 142 valence electrons. The molecule has 1 aromatic heterocycles. The fourth-order valence-corrected chi connectivity index (χ4v) is 3.94. The van der Waals surface area contributed by atoms with Crippen molar-refractivity contribution < 1.29 is 17.6 Å². The summed E-state index contributed by atoms with van der Waals surface area (Å²) in [5, 5.41) is 0. The lowest BCUT2D eigenvalue weighted by Crippen LogP contribution is -2.36. The third kappa shape index (κ3) is 4.72. The van der Waals surface area contributed by atoms with Crippen LogP contribution in [0.5, 0.6) is 0 Å². The Morgan fingerprint density at radius 3 is 2.35 bits per heavy atom. The molecule has 0 spiro atoms. The predicted molar refractivity (Wildman–Crippen MR) is 99.3 cm³/mol. The van der Waals surface area contributed by atoms with Crippen LogP contribution in [0.15, 0.2) is 39.6 Å². The lowest BCUT2D eigenvalue weighted by Gasteiger charge is -2.23. The van der Waals surface area contributed by atoms with Gasteiger partial charge in [-0.1, -0.05) is 6.07 Å². The first-order chi connectivity index (χ1) is 12.1. The first kappa shape index (κ1) is 20.2. The highest BCUT2D eigenvalue weighted by atomic mass is 32.2. The number of nitrogens with two attached hydrogens (primary N) is 1. The molecule has 0 bridgehead atoms. The van der Waals surface area contributed by atoms with E-state index in [9.17, 15) is 13.2 Å². The Labute approximate surface area is 154 Å². The molecule has 2 aromatic rings. The molecule has 0 aliphatic rings. The van der Waals surface area contributed by atoms with Gasteiger partial charge in [0.1, 0.15) is 11.5 Å². The Morgan fingerprint density at radius 1 is 1.12 bits per heavy atom. The first-order valence-electron chi connectivity index (χ1n) is 8.22. The van der Waals surface area contributed by atoms with Crippen LogP contribution in [-0.2, 0) is 16.6 Å². The maximum atomic E-state index is 13.2. The van der Waals surface area contributed by atoms with Crippen LogP contribution in [0.4, 0.5) is 0 Å². The number of hydrogen-bond donors (Lipinski definition) is 1. The molecule has 0 unspecified atom stereocenters. The number of primary amides is 1. The second-order valence-electron chi connectivity index (χ2n) is 6.50. The molecule has 0 aliphatic carbocycles. The maximum Gasteiger partial charge on any atom is 0.249 e. The smallest absolute Gasteiger partial charge is 0.249 e. The molecule has 1 aromatic carbocycles. The summed E-state index contributed by atoms with van der Waals surface area (Å²) in [6, 6.07) is 7.98. The van der Waals surface area contributed by atoms with Gasteiger partial charge in [0.2, 0.25) is 15.9 Å². The molecule has 0 fully saturated rings. The minimum atomic E-state index is -3.82. The van der Waals surface area contributed by atoms with Gasteiger partial charge in [0.25, 0.3) is 0 Å². The molecular weight excluding hydrogens is 354 g/mol. The molecule has 7 nitrogen and oxygen atoms in total. The molecule has 1 amide bonds. The zero-order chi connectivity index (χ0) is 19.5. The Morgan fingerprint density at radius 2 is 1.81 bits per heavy atom. The highest BCUT2D eigenvalue weighted by molar-refractivity contribution is 7.89. The van der Waals surface area contributed by atoms with Gasteiger partial charge < -0.3 is 15.1 Å². The number of hydrogen-bond acceptors (Lipinski definition) is 5. The number of carbonyl (C=O) groups excluding carboxylic acids is 1. The number of nitrogens with zero attached hydrogens (tertiary/aromatic N) is 2. The van der Waals surface area contributed by atoms with E-state index in [0.717, 1.165) is 5.76 Å². The van der Waals surface area contributed by atoms with Gasteiger partial charge in [0, 0.05) is 18.7 Å². The zero-order valence-electron chi connectivity index (χ0n) is 15.5. The molecule has 0 saturated heterocycles. The largest absolute Gasteiger partial charge is 0.465 e. The summed E-state index contributed by atoms with van der Waals surface area (Å²) in [6.07, 6.45) is 0. The van der Waals surface area contributed by atoms with Gasteiger partial charge in [-0.05, 0) is 57.8 Å². The van der Waals surface area contributed by atoms with Crippen LogP contribution < -0.4 is 5.73 Å². The topological polar surface area (TPSA) is 96.9 Å². The van der Waals surface area contributed by atoms with Crippen LogP contribution in [-0.4, -0.2) is 50.7 Å². The lowest BCUT2D eigenvalue weighted by atomic mass is 10.1. The minimum absolute atomic E-state index is 0.0407. The summed E-state index contributed by atoms with van der Waals surface area (Å²) in [6.45, 7) is 4.47. The fraction of sp³-hybridized carbons (Fsp3) is 0.389. The average Bonchev–Trinajstić information content (AvgIpc) is 2.96. The molecule has 0 aliphatic heterocycles. The van der Waals surface area contributed by atoms with Gasteiger partial charge in [-0.15, -0.1) is 0 Å². The number of amides is 1. The molecule has 2 rings (SSSR count). The van der Waals surface area contributed by atoms with E-state index in [1.807, 2.05) is 19.0 Å². The number of rotatable bonds is 8. The highest BCUT2D eigenvalue weighted by Gasteiger charge is 2.26. The van der Waals surface area contributed by atoms with Crippen molar-refractivity contribution in [1.82, 2.24) is 9.21 Å². The van der Waals surface area contributed by atoms with E-state index in [-0.39, 0.29) is 23.5 Å². The molecule has 2 N–H and O–H groups in total. The van der Waals surface area contributed by atoms with E-state index in [1.165, 1.54) is 16.4 Å². The maximum absolute atomic E-state index is 13.2. The standard InChI is InChI=1S/C18H25N3O4S/c1-13-5-8-16(11-17(13)18(19)22)26(23,24)21(10-9-20(3)4)12-15-7-6-14(2)25-15/h5-8,11H,9-10,12H2,1-4H3,(H2,19,22). The van der Waals surface area contributed by atoms with Crippen molar-refractivity contribution in [2.45, 2.75) is 25.3 Å². The van der Waals surface area contributed by atoms with Crippen molar-refractivity contribution in [2.24, 2.45) is 5.73 Å². The van der Waals surface area contributed by atoms with Gasteiger partial charge in [-0.25, -0.2) is 8.42 Å². The molecule has 0 radical (unpaired) electrons. The summed E-state index contributed by atoms with van der Waals surface area (Å²) in [5.41, 5.74) is 6.20. The SMILES string of the molecule is Cc1ccc(CN(CCN(C)C)S(=O)(=O)c2ccc(C)c(C(N)=O)c2)o1. The van der Waals surface area contributed by atoms with Crippen LogP contribution in [0, 0.1) is 13.8 Å². The van der Waals surface area contributed by atoms with E-state index < -0.39 is 15.9 Å². The van der Waals surface area contributed by atoms with E-state index in [2.05, 4.69) is 0 Å². The van der Waals surface area contributed by atoms with Crippen molar-refractivity contribution in [1.29, 1.82) is 0 Å². The Balaban J connectivity index is 2.40. The Bertz CT molecular complexity index is 888. The quantitative estimate of drug-likeness (QED) is 0.754. The third-order valence-electron chi connectivity index (χ3n) is 4.04. The number of furan rings is 1. The van der Waals surface area contributed by atoms with E-state index in [1.54, 1.807) is 32.0 Å². The molecule has 26 heavy (non-hydrogen) atoms. The van der Waals surface area contributed by atoms with Crippen LogP contribution in [0.1, 0.15) is 27.4 Å². The minimum Gasteiger partial charge on any atom is -0.465 e. The number of sulfonamides is 1. The van der Waals surface area contributed by atoms with Gasteiger partial charge in [0.05, 0.1) is 11.4 Å². The number of benzene rings is 1. The predicted octanol–water partition coefficient (Wildman–Crippen LogP) is 1.75. The van der Waals surface area contributed by atoms with E-state index in [0.29, 0.717) is 17.9 Å². The van der Waals surface area contributed by atoms with Crippen molar-refractivity contribution >= 4 is 15.9 Å². The van der Waals surface area contributed by atoms with Crippen molar-refractivity contribution in [2.75, 3.05) is 27.2 Å². The molecule has 1 heterocycles. The monoisotopic (exact) mass is 379 g/mol. The highest BCUT2D eigenvalue weighted by Crippen LogP contribution is 2.22. The van der Waals surface area contributed by atoms with E-state index in [4.69, 9.17) is 10.2 Å². The first-order valence-corrected chi connectivity index (χ1v) is 9.66. The van der Waals surface area contributed by atoms with Gasteiger partial charge in [0.15, 0.2) is 0 Å². The van der Waals surface area contributed by atoms with Crippen molar-refractivity contribution in [3.05, 3.63) is 53.0 Å². The normalized spacial score (nSPS) is 12.1. The average molecular weight is 379 g/mol. The molecular formula is C18H25N3O4S. The summed E-state index contributed by atoms with van der Waals surface area (Å²) in [5.74, 6) is 0.629. The van der Waals surface area contributed by atoms with Gasteiger partial charge >= 0.3 is 0 Å². The third-order valence-corrected chi connectivity index (χ3v) is 5.88. The van der Waals surface area contributed by atoms with Gasteiger partial charge in [-0.2, -0.15) is 4.31 Å². The van der Waals surface area contributed by atoms with Crippen LogP contribution in [0.25, 0.3) is 0 Å². The van der Waals surface area contributed by atoms with Gasteiger partial charge in [-0.3, -0.25) is 4.79 Å². The summed E-state index contributed by atoms with van der Waals surface area (Å²) in [4.78, 5) is 13.5. The summed E-state index contributed by atoms with van der Waals surface area (Å²) in [7, 11) is -0.0717. The lowest BCUT2D eigenvalue weighted by molar-refractivity contribution is 0.0999. The van der Waals surface area contributed by atoms with Crippen LogP contribution in [0.3, 0.4) is 0 Å². The Hall–Kier alpha value is -2.16. The number of likely N-dealkylation sites (N-methyl/N-ethyl adjacent to an activating group) is 1. The fourth-order valence-electron chi connectivity index (χ4n) is 2.52. The molecule has 0 atom stereocenters. The van der Waals surface area contributed by atoms with Crippen LogP contribution >= 0.6 is 0 Å². The van der Waals surface area contributed by atoms with Crippen molar-refractivity contribution in [3.63, 3.8) is 0 Å². The Kier molecular flexibility index (Phi) is 6.22. The number of aryl methyl sites for hydroxylation is 2. The number of carbonyl (C=O) groups is 1. The van der Waals surface area contributed by atoms with Crippen LogP contribution in [0.2, 0.25) is 0 Å². The zero-order valence-corrected chi connectivity index (χ0v) is 16.3. The summed E-state index contributed by atoms with van der Waals surface area (Å²) >= 11 is 0. The summed E-state index contributed by atoms with van der Waals surface area (Å²) < 4.78 is 33.2.